The minimum absolute atomic E-state index is 0.225. The molecule has 1 fully saturated rings. The van der Waals surface area contributed by atoms with Crippen molar-refractivity contribution >= 4 is 39.4 Å². The van der Waals surface area contributed by atoms with E-state index in [1.165, 1.54) is 4.70 Å². The van der Waals surface area contributed by atoms with Crippen LogP contribution in [0.5, 0.6) is 0 Å². The molecule has 2 N–H and O–H groups in total. The first-order valence-corrected chi connectivity index (χ1v) is 11.9. The van der Waals surface area contributed by atoms with Crippen molar-refractivity contribution in [3.63, 3.8) is 0 Å². The number of carbonyl (C=O) groups excluding carboxylic acids is 1. The van der Waals surface area contributed by atoms with Gasteiger partial charge in [-0.25, -0.2) is 9.78 Å². The van der Waals surface area contributed by atoms with Crippen molar-refractivity contribution in [3.8, 4) is 0 Å². The Morgan fingerprint density at radius 1 is 1.34 bits per heavy atom. The third-order valence-electron chi connectivity index (χ3n) is 4.71. The smallest absolute Gasteiger partial charge is 0.411 e. The molecule has 0 bridgehead atoms. The van der Waals surface area contributed by atoms with E-state index in [1.807, 2.05) is 39.0 Å². The predicted molar refractivity (Wildman–Crippen MR) is 121 cm³/mol. The molecular formula is C21H31N3O3S2. The summed E-state index contributed by atoms with van der Waals surface area (Å²) in [7, 11) is 0. The summed E-state index contributed by atoms with van der Waals surface area (Å²) in [5.41, 5.74) is 0.258. The fourth-order valence-corrected chi connectivity index (χ4v) is 5.68. The second kappa shape index (κ2) is 8.79. The molecule has 6 nitrogen and oxygen atoms in total. The van der Waals surface area contributed by atoms with Gasteiger partial charge in [0, 0.05) is 24.3 Å². The van der Waals surface area contributed by atoms with Gasteiger partial charge in [-0.2, -0.15) is 0 Å². The zero-order valence-corrected chi connectivity index (χ0v) is 19.4. The van der Waals surface area contributed by atoms with E-state index in [-0.39, 0.29) is 17.7 Å². The molecule has 2 atom stereocenters. The summed E-state index contributed by atoms with van der Waals surface area (Å²) in [6.07, 6.45) is -0.249. The lowest BCUT2D eigenvalue weighted by atomic mass is 10.00. The van der Waals surface area contributed by atoms with Crippen LogP contribution in [0.4, 0.5) is 4.79 Å². The molecule has 0 saturated carbocycles. The minimum Gasteiger partial charge on any atom is -0.444 e. The Morgan fingerprint density at radius 2 is 2.07 bits per heavy atom. The number of hydrogen-bond acceptors (Lipinski definition) is 7. The second-order valence-electron chi connectivity index (χ2n) is 9.10. The zero-order chi connectivity index (χ0) is 21.2. The Morgan fingerprint density at radius 3 is 2.76 bits per heavy atom. The number of benzene rings is 1. The number of rotatable bonds is 6. The lowest BCUT2D eigenvalue weighted by Gasteiger charge is -2.32. The molecule has 0 radical (unpaired) electrons. The number of thiazole rings is 1. The van der Waals surface area contributed by atoms with E-state index in [1.54, 1.807) is 28.0 Å². The maximum atomic E-state index is 12.5. The quantitative estimate of drug-likeness (QED) is 0.714. The predicted octanol–water partition coefficient (Wildman–Crippen LogP) is 3.88. The molecule has 0 spiro atoms. The summed E-state index contributed by atoms with van der Waals surface area (Å²) >= 11 is 3.35. The van der Waals surface area contributed by atoms with Crippen LogP contribution in [0.2, 0.25) is 0 Å². The number of nitrogens with zero attached hydrogens (tertiary/aromatic N) is 2. The molecule has 0 aliphatic carbocycles. The van der Waals surface area contributed by atoms with Crippen molar-refractivity contribution in [1.29, 1.82) is 0 Å². The molecule has 1 amide bonds. The van der Waals surface area contributed by atoms with Crippen LogP contribution in [-0.4, -0.2) is 62.5 Å². The molecule has 2 unspecified atom stereocenters. The number of β-amino-alcohol motifs (C(OH)–C–C–N with tert-alkyl or cyclic N) is 1. The van der Waals surface area contributed by atoms with E-state index in [0.29, 0.717) is 18.2 Å². The van der Waals surface area contributed by atoms with Gasteiger partial charge in [-0.3, -0.25) is 4.90 Å². The maximum Gasteiger partial charge on any atom is 0.411 e. The summed E-state index contributed by atoms with van der Waals surface area (Å²) in [4.78, 5) is 18.8. The van der Waals surface area contributed by atoms with Crippen LogP contribution in [0.1, 0.15) is 39.6 Å². The number of thioether (sulfide) groups is 1. The van der Waals surface area contributed by atoms with Crippen LogP contribution >= 0.6 is 23.1 Å². The molecule has 29 heavy (non-hydrogen) atoms. The standard InChI is InChI=1S/C21H31N3O3S2/c1-20(2,3)27-19(26)24-13-28-12-15(24)16(25)11-22-21(4,5)10-18-23-14-8-6-7-9-17(14)29-18/h6-9,15-16,22,25H,10-13H2,1-5H3. The highest BCUT2D eigenvalue weighted by Gasteiger charge is 2.37. The Labute approximate surface area is 181 Å². The van der Waals surface area contributed by atoms with Gasteiger partial charge in [-0.1, -0.05) is 12.1 Å². The van der Waals surface area contributed by atoms with E-state index < -0.39 is 11.7 Å². The van der Waals surface area contributed by atoms with E-state index in [0.717, 1.165) is 16.9 Å². The highest BCUT2D eigenvalue weighted by Crippen LogP contribution is 2.27. The molecule has 3 rings (SSSR count). The van der Waals surface area contributed by atoms with E-state index >= 15 is 0 Å². The van der Waals surface area contributed by atoms with Gasteiger partial charge < -0.3 is 15.2 Å². The number of ether oxygens (including phenoxy) is 1. The monoisotopic (exact) mass is 437 g/mol. The van der Waals surface area contributed by atoms with Gasteiger partial charge in [0.1, 0.15) is 5.60 Å². The summed E-state index contributed by atoms with van der Waals surface area (Å²) < 4.78 is 6.68. The molecule has 2 heterocycles. The first-order chi connectivity index (χ1) is 13.5. The Kier molecular flexibility index (Phi) is 6.77. The zero-order valence-electron chi connectivity index (χ0n) is 17.8. The van der Waals surface area contributed by atoms with Gasteiger partial charge >= 0.3 is 6.09 Å². The van der Waals surface area contributed by atoms with Gasteiger partial charge in [0.2, 0.25) is 0 Å². The molecular weight excluding hydrogens is 406 g/mol. The Balaban J connectivity index is 1.56. The number of hydrogen-bond donors (Lipinski definition) is 2. The second-order valence-corrected chi connectivity index (χ2v) is 11.2. The number of carbonyl (C=O) groups is 1. The highest BCUT2D eigenvalue weighted by molar-refractivity contribution is 7.99. The van der Waals surface area contributed by atoms with E-state index in [2.05, 4.69) is 25.2 Å². The largest absolute Gasteiger partial charge is 0.444 e. The van der Waals surface area contributed by atoms with Crippen LogP contribution in [0.3, 0.4) is 0 Å². The van der Waals surface area contributed by atoms with Gasteiger partial charge in [-0.15, -0.1) is 23.1 Å². The van der Waals surface area contributed by atoms with Crippen molar-refractivity contribution in [2.24, 2.45) is 0 Å². The molecule has 8 heteroatoms. The molecule has 1 aromatic carbocycles. The molecule has 1 aliphatic heterocycles. The molecule has 1 aliphatic rings. The third-order valence-corrected chi connectivity index (χ3v) is 6.79. The van der Waals surface area contributed by atoms with Gasteiger partial charge in [0.15, 0.2) is 0 Å². The van der Waals surface area contributed by atoms with Crippen molar-refractivity contribution < 1.29 is 14.6 Å². The lowest BCUT2D eigenvalue weighted by molar-refractivity contribution is 0.00653. The van der Waals surface area contributed by atoms with Gasteiger partial charge in [-0.05, 0) is 46.8 Å². The number of aliphatic hydroxyl groups excluding tert-OH is 1. The van der Waals surface area contributed by atoms with Crippen molar-refractivity contribution in [1.82, 2.24) is 15.2 Å². The number of para-hydroxylation sites is 1. The summed E-state index contributed by atoms with van der Waals surface area (Å²) in [5.74, 6) is 1.26. The minimum atomic E-state index is -0.660. The molecule has 2 aromatic rings. The summed E-state index contributed by atoms with van der Waals surface area (Å²) in [6.45, 7) is 10.2. The van der Waals surface area contributed by atoms with Crippen LogP contribution < -0.4 is 5.32 Å². The van der Waals surface area contributed by atoms with E-state index in [4.69, 9.17) is 9.72 Å². The normalized spacial score (nSPS) is 19.0. The summed E-state index contributed by atoms with van der Waals surface area (Å²) in [6, 6.07) is 7.90. The van der Waals surface area contributed by atoms with Crippen molar-refractivity contribution in [2.45, 2.75) is 64.3 Å². The summed E-state index contributed by atoms with van der Waals surface area (Å²) in [5, 5.41) is 15.3. The first kappa shape index (κ1) is 22.3. The SMILES string of the molecule is CC(C)(Cc1nc2ccccc2s1)NCC(O)C1CSCN1C(=O)OC(C)(C)C. The number of nitrogens with one attached hydrogen (secondary N) is 1. The average molecular weight is 438 g/mol. The maximum absolute atomic E-state index is 12.5. The Bertz CT molecular complexity index is 814. The first-order valence-electron chi connectivity index (χ1n) is 9.89. The highest BCUT2D eigenvalue weighted by atomic mass is 32.2. The number of amides is 1. The van der Waals surface area contributed by atoms with Gasteiger partial charge in [0.25, 0.3) is 0 Å². The van der Waals surface area contributed by atoms with Crippen LogP contribution in [0, 0.1) is 0 Å². The Hall–Kier alpha value is -1.35. The van der Waals surface area contributed by atoms with E-state index in [9.17, 15) is 9.90 Å². The topological polar surface area (TPSA) is 74.7 Å². The number of fused-ring (bicyclic) bond motifs is 1. The average Bonchev–Trinajstić information content (AvgIpc) is 3.24. The van der Waals surface area contributed by atoms with Crippen LogP contribution in [-0.2, 0) is 11.2 Å². The molecule has 1 aromatic heterocycles. The number of aromatic nitrogens is 1. The van der Waals surface area contributed by atoms with Crippen LogP contribution in [0.15, 0.2) is 24.3 Å². The fraction of sp³-hybridized carbons (Fsp3) is 0.619. The van der Waals surface area contributed by atoms with Gasteiger partial charge in [0.05, 0.1) is 33.2 Å². The lowest BCUT2D eigenvalue weighted by Crippen LogP contribution is -2.52. The fourth-order valence-electron chi connectivity index (χ4n) is 3.24. The third kappa shape index (κ3) is 6.07. The van der Waals surface area contributed by atoms with Crippen molar-refractivity contribution in [3.05, 3.63) is 29.3 Å². The van der Waals surface area contributed by atoms with Crippen LogP contribution in [0.25, 0.3) is 10.2 Å². The molecule has 1 saturated heterocycles. The van der Waals surface area contributed by atoms with Crippen molar-refractivity contribution in [2.75, 3.05) is 18.2 Å². The molecule has 160 valence electrons. The number of aliphatic hydroxyl groups is 1.